The van der Waals surface area contributed by atoms with Gasteiger partial charge in [-0.1, -0.05) is 6.07 Å². The van der Waals surface area contributed by atoms with E-state index >= 15 is 0 Å². The molecule has 0 aliphatic heterocycles. The molecule has 0 bridgehead atoms. The van der Waals surface area contributed by atoms with E-state index in [4.69, 9.17) is 0 Å². The SMILES string of the molecule is CC(Cc1cccs1)NC(C)CC(F)(F)F. The van der Waals surface area contributed by atoms with E-state index in [0.29, 0.717) is 0 Å². The third kappa shape index (κ3) is 5.51. The molecule has 1 aromatic rings. The lowest BCUT2D eigenvalue weighted by molar-refractivity contribution is -0.139. The zero-order chi connectivity index (χ0) is 12.2. The van der Waals surface area contributed by atoms with Gasteiger partial charge in [0, 0.05) is 17.0 Å². The Morgan fingerprint density at radius 1 is 1.31 bits per heavy atom. The fraction of sp³-hybridized carbons (Fsp3) is 0.636. The maximum Gasteiger partial charge on any atom is 0.390 e. The van der Waals surface area contributed by atoms with E-state index < -0.39 is 18.6 Å². The van der Waals surface area contributed by atoms with Crippen LogP contribution in [0.15, 0.2) is 17.5 Å². The highest BCUT2D eigenvalue weighted by molar-refractivity contribution is 7.09. The van der Waals surface area contributed by atoms with Crippen LogP contribution in [0.2, 0.25) is 0 Å². The molecule has 2 atom stereocenters. The van der Waals surface area contributed by atoms with Crippen molar-refractivity contribution >= 4 is 11.3 Å². The fourth-order valence-electron chi connectivity index (χ4n) is 1.68. The number of thiophene rings is 1. The van der Waals surface area contributed by atoms with Gasteiger partial charge in [-0.15, -0.1) is 11.3 Å². The maximum atomic E-state index is 12.1. The second kappa shape index (κ2) is 5.68. The van der Waals surface area contributed by atoms with Crippen molar-refractivity contribution in [3.63, 3.8) is 0 Å². The molecule has 1 heterocycles. The Morgan fingerprint density at radius 3 is 2.50 bits per heavy atom. The monoisotopic (exact) mass is 251 g/mol. The molecule has 1 nitrogen and oxygen atoms in total. The topological polar surface area (TPSA) is 12.0 Å². The number of hydrogen-bond donors (Lipinski definition) is 1. The summed E-state index contributed by atoms with van der Waals surface area (Å²) in [7, 11) is 0. The summed E-state index contributed by atoms with van der Waals surface area (Å²) in [5, 5.41) is 4.93. The minimum Gasteiger partial charge on any atom is -0.311 e. The highest BCUT2D eigenvalue weighted by atomic mass is 32.1. The van der Waals surface area contributed by atoms with E-state index in [-0.39, 0.29) is 6.04 Å². The van der Waals surface area contributed by atoms with Crippen molar-refractivity contribution in [2.24, 2.45) is 0 Å². The van der Waals surface area contributed by atoms with Crippen LogP contribution < -0.4 is 5.32 Å². The lowest BCUT2D eigenvalue weighted by atomic mass is 10.1. The molecule has 5 heteroatoms. The van der Waals surface area contributed by atoms with E-state index in [1.54, 1.807) is 18.3 Å². The van der Waals surface area contributed by atoms with E-state index in [2.05, 4.69) is 5.32 Å². The van der Waals surface area contributed by atoms with Crippen LogP contribution in [0.25, 0.3) is 0 Å². The molecule has 0 aromatic carbocycles. The minimum atomic E-state index is -4.09. The molecule has 1 aromatic heterocycles. The smallest absolute Gasteiger partial charge is 0.311 e. The molecule has 2 unspecified atom stereocenters. The van der Waals surface area contributed by atoms with Crippen LogP contribution in [0.1, 0.15) is 25.1 Å². The molecule has 0 saturated heterocycles. The van der Waals surface area contributed by atoms with E-state index in [0.717, 1.165) is 6.42 Å². The number of hydrogen-bond acceptors (Lipinski definition) is 2. The van der Waals surface area contributed by atoms with Crippen molar-refractivity contribution in [3.8, 4) is 0 Å². The predicted octanol–water partition coefficient (Wildman–Crippen LogP) is 3.61. The molecule has 0 saturated carbocycles. The third-order valence-electron chi connectivity index (χ3n) is 2.19. The van der Waals surface area contributed by atoms with Crippen molar-refractivity contribution < 1.29 is 13.2 Å². The van der Waals surface area contributed by atoms with Crippen molar-refractivity contribution in [2.75, 3.05) is 0 Å². The van der Waals surface area contributed by atoms with Crippen molar-refractivity contribution in [1.82, 2.24) is 5.32 Å². The van der Waals surface area contributed by atoms with Gasteiger partial charge in [0.1, 0.15) is 0 Å². The van der Waals surface area contributed by atoms with E-state index in [1.807, 2.05) is 24.4 Å². The zero-order valence-corrected chi connectivity index (χ0v) is 10.2. The second-order valence-electron chi connectivity index (χ2n) is 4.07. The summed E-state index contributed by atoms with van der Waals surface area (Å²) in [5.41, 5.74) is 0. The standard InChI is InChI=1S/C11H16F3NS/c1-8(6-10-4-3-5-16-10)15-9(2)7-11(12,13)14/h3-5,8-9,15H,6-7H2,1-2H3. The molecule has 0 fully saturated rings. The molecule has 0 amide bonds. The molecule has 1 rings (SSSR count). The average Bonchev–Trinajstić information content (AvgIpc) is 2.51. The van der Waals surface area contributed by atoms with Gasteiger partial charge < -0.3 is 5.32 Å². The summed E-state index contributed by atoms with van der Waals surface area (Å²) in [6.45, 7) is 3.48. The van der Waals surface area contributed by atoms with Crippen LogP contribution in [0, 0.1) is 0 Å². The summed E-state index contributed by atoms with van der Waals surface area (Å²) in [4.78, 5) is 1.19. The quantitative estimate of drug-likeness (QED) is 0.843. The number of nitrogens with one attached hydrogen (secondary N) is 1. The predicted molar refractivity (Wildman–Crippen MR) is 60.8 cm³/mol. The third-order valence-corrected chi connectivity index (χ3v) is 3.09. The van der Waals surface area contributed by atoms with Crippen LogP contribution in [-0.2, 0) is 6.42 Å². The lowest BCUT2D eigenvalue weighted by Gasteiger charge is -2.20. The maximum absolute atomic E-state index is 12.1. The van der Waals surface area contributed by atoms with Crippen LogP contribution >= 0.6 is 11.3 Å². The molecular formula is C11H16F3NS. The molecule has 1 N–H and O–H groups in total. The number of rotatable bonds is 5. The van der Waals surface area contributed by atoms with E-state index in [1.165, 1.54) is 4.88 Å². The summed E-state index contributed by atoms with van der Waals surface area (Å²) in [6.07, 6.45) is -4.09. The van der Waals surface area contributed by atoms with Gasteiger partial charge in [-0.25, -0.2) is 0 Å². The first-order valence-corrected chi connectivity index (χ1v) is 6.10. The first-order valence-electron chi connectivity index (χ1n) is 5.22. The Morgan fingerprint density at radius 2 is 2.00 bits per heavy atom. The number of halogens is 3. The molecule has 0 spiro atoms. The summed E-state index contributed by atoms with van der Waals surface area (Å²) < 4.78 is 36.3. The second-order valence-corrected chi connectivity index (χ2v) is 5.10. The molecule has 92 valence electrons. The summed E-state index contributed by atoms with van der Waals surface area (Å²) >= 11 is 1.63. The van der Waals surface area contributed by atoms with Gasteiger partial charge in [0.2, 0.25) is 0 Å². The Labute approximate surface area is 97.7 Å². The van der Waals surface area contributed by atoms with Crippen LogP contribution in [0.4, 0.5) is 13.2 Å². The normalized spacial score (nSPS) is 16.1. The average molecular weight is 251 g/mol. The lowest BCUT2D eigenvalue weighted by Crippen LogP contribution is -2.38. The van der Waals surface area contributed by atoms with Gasteiger partial charge in [-0.05, 0) is 31.7 Å². The van der Waals surface area contributed by atoms with Crippen molar-refractivity contribution in [1.29, 1.82) is 0 Å². The van der Waals surface area contributed by atoms with Gasteiger partial charge in [-0.2, -0.15) is 13.2 Å². The minimum absolute atomic E-state index is 0.0657. The first-order chi connectivity index (χ1) is 7.37. The van der Waals surface area contributed by atoms with E-state index in [9.17, 15) is 13.2 Å². The highest BCUT2D eigenvalue weighted by Gasteiger charge is 2.30. The summed E-state index contributed by atoms with van der Waals surface area (Å²) in [6, 6.07) is 3.48. The fourth-order valence-corrected chi connectivity index (χ4v) is 2.52. The van der Waals surface area contributed by atoms with Crippen molar-refractivity contribution in [3.05, 3.63) is 22.4 Å². The van der Waals surface area contributed by atoms with Crippen molar-refractivity contribution in [2.45, 2.75) is 44.9 Å². The Hall–Kier alpha value is -0.550. The van der Waals surface area contributed by atoms with Gasteiger partial charge in [0.05, 0.1) is 6.42 Å². The highest BCUT2D eigenvalue weighted by Crippen LogP contribution is 2.21. The Bertz CT molecular complexity index is 295. The first kappa shape index (κ1) is 13.5. The number of alkyl halides is 3. The van der Waals surface area contributed by atoms with Gasteiger partial charge >= 0.3 is 6.18 Å². The largest absolute Gasteiger partial charge is 0.390 e. The summed E-state index contributed by atoms with van der Waals surface area (Å²) in [5.74, 6) is 0. The molecular weight excluding hydrogens is 235 g/mol. The van der Waals surface area contributed by atoms with Gasteiger partial charge in [0.25, 0.3) is 0 Å². The van der Waals surface area contributed by atoms with Crippen LogP contribution in [-0.4, -0.2) is 18.3 Å². The Balaban J connectivity index is 2.31. The molecule has 16 heavy (non-hydrogen) atoms. The Kier molecular flexibility index (Phi) is 4.80. The van der Waals surface area contributed by atoms with Gasteiger partial charge in [-0.3, -0.25) is 0 Å². The molecule has 0 aliphatic carbocycles. The molecule has 0 aliphatic rings. The van der Waals surface area contributed by atoms with Crippen LogP contribution in [0.3, 0.4) is 0 Å². The zero-order valence-electron chi connectivity index (χ0n) is 9.34. The van der Waals surface area contributed by atoms with Gasteiger partial charge in [0.15, 0.2) is 0 Å². The van der Waals surface area contributed by atoms with Crippen LogP contribution in [0.5, 0.6) is 0 Å². The molecule has 0 radical (unpaired) electrons.